The molecule has 1 atom stereocenters. The lowest BCUT2D eigenvalue weighted by Gasteiger charge is -2.29. The van der Waals surface area contributed by atoms with Gasteiger partial charge in [0.15, 0.2) is 5.69 Å². The zero-order valence-electron chi connectivity index (χ0n) is 15.1. The van der Waals surface area contributed by atoms with Gasteiger partial charge in [-0.2, -0.15) is 5.10 Å². The molecule has 1 amide bonds. The minimum atomic E-state index is -0.444. The number of aryl methyl sites for hydroxylation is 1. The number of para-hydroxylation sites is 1. The minimum absolute atomic E-state index is 0.0896. The van der Waals surface area contributed by atoms with Gasteiger partial charge in [0.25, 0.3) is 5.91 Å². The molecule has 1 fully saturated rings. The first-order chi connectivity index (χ1) is 12.5. The highest BCUT2D eigenvalue weighted by molar-refractivity contribution is 5.92. The van der Waals surface area contributed by atoms with E-state index in [1.165, 1.54) is 6.07 Å². The van der Waals surface area contributed by atoms with E-state index in [-0.39, 0.29) is 17.2 Å². The summed E-state index contributed by atoms with van der Waals surface area (Å²) in [6.45, 7) is 7.56. The summed E-state index contributed by atoms with van der Waals surface area (Å²) in [4.78, 5) is 27.1. The van der Waals surface area contributed by atoms with Crippen LogP contribution in [-0.2, 0) is 4.74 Å². The van der Waals surface area contributed by atoms with E-state index in [0.717, 1.165) is 18.8 Å². The highest BCUT2D eigenvalue weighted by atomic mass is 16.5. The van der Waals surface area contributed by atoms with Crippen LogP contribution in [-0.4, -0.2) is 59.5 Å². The SMILES string of the molecule is Cc1cc(=O)c(C(=O)NC(C)CN2CCOCC2)nn1-c1ccccc1. The van der Waals surface area contributed by atoms with E-state index >= 15 is 0 Å². The molecular formula is C19H24N4O3. The Labute approximate surface area is 152 Å². The van der Waals surface area contributed by atoms with Crippen LogP contribution in [0.2, 0.25) is 0 Å². The molecule has 1 saturated heterocycles. The van der Waals surface area contributed by atoms with Gasteiger partial charge in [0.1, 0.15) is 0 Å². The molecule has 138 valence electrons. The molecule has 1 aliphatic heterocycles. The summed E-state index contributed by atoms with van der Waals surface area (Å²) in [5, 5.41) is 7.19. The van der Waals surface area contributed by atoms with Crippen LogP contribution in [0.1, 0.15) is 23.1 Å². The van der Waals surface area contributed by atoms with Crippen molar-refractivity contribution >= 4 is 5.91 Å². The van der Waals surface area contributed by atoms with Gasteiger partial charge < -0.3 is 10.1 Å². The first-order valence-corrected chi connectivity index (χ1v) is 8.82. The van der Waals surface area contributed by atoms with E-state index in [4.69, 9.17) is 4.74 Å². The third-order valence-corrected chi connectivity index (χ3v) is 4.34. The van der Waals surface area contributed by atoms with E-state index in [1.807, 2.05) is 37.3 Å². The van der Waals surface area contributed by atoms with Crippen molar-refractivity contribution in [3.8, 4) is 5.69 Å². The van der Waals surface area contributed by atoms with Crippen LogP contribution in [0.5, 0.6) is 0 Å². The molecule has 7 nitrogen and oxygen atoms in total. The maximum absolute atomic E-state index is 12.6. The van der Waals surface area contributed by atoms with Gasteiger partial charge in [-0.25, -0.2) is 4.68 Å². The number of ether oxygens (including phenoxy) is 1. The Morgan fingerprint density at radius 1 is 1.27 bits per heavy atom. The van der Waals surface area contributed by atoms with E-state index in [2.05, 4.69) is 15.3 Å². The summed E-state index contributed by atoms with van der Waals surface area (Å²) < 4.78 is 6.94. The highest BCUT2D eigenvalue weighted by Crippen LogP contribution is 2.08. The molecular weight excluding hydrogens is 332 g/mol. The molecule has 0 saturated carbocycles. The van der Waals surface area contributed by atoms with Gasteiger partial charge in [0, 0.05) is 37.4 Å². The van der Waals surface area contributed by atoms with Crippen molar-refractivity contribution in [1.29, 1.82) is 0 Å². The Kier molecular flexibility index (Phi) is 5.80. The number of nitrogens with one attached hydrogen (secondary N) is 1. The Morgan fingerprint density at radius 2 is 1.96 bits per heavy atom. The van der Waals surface area contributed by atoms with Crippen LogP contribution in [0.25, 0.3) is 5.69 Å². The topological polar surface area (TPSA) is 76.5 Å². The van der Waals surface area contributed by atoms with Crippen molar-refractivity contribution in [2.75, 3.05) is 32.8 Å². The molecule has 26 heavy (non-hydrogen) atoms. The molecule has 3 rings (SSSR count). The van der Waals surface area contributed by atoms with Crippen LogP contribution in [0.4, 0.5) is 0 Å². The molecule has 0 spiro atoms. The van der Waals surface area contributed by atoms with Gasteiger partial charge in [0.2, 0.25) is 5.43 Å². The van der Waals surface area contributed by atoms with Gasteiger partial charge in [-0.1, -0.05) is 18.2 Å². The normalized spacial score (nSPS) is 16.2. The van der Waals surface area contributed by atoms with Crippen molar-refractivity contribution in [2.45, 2.75) is 19.9 Å². The lowest BCUT2D eigenvalue weighted by atomic mass is 10.2. The number of hydrogen-bond acceptors (Lipinski definition) is 5. The fourth-order valence-electron chi connectivity index (χ4n) is 3.04. The first kappa shape index (κ1) is 18.3. The monoisotopic (exact) mass is 356 g/mol. The molecule has 0 radical (unpaired) electrons. The number of carbonyl (C=O) groups is 1. The number of rotatable bonds is 5. The Bertz CT molecular complexity index is 813. The van der Waals surface area contributed by atoms with Crippen molar-refractivity contribution in [3.63, 3.8) is 0 Å². The Morgan fingerprint density at radius 3 is 2.65 bits per heavy atom. The summed E-state index contributed by atoms with van der Waals surface area (Å²) in [5.41, 5.74) is 1.03. The van der Waals surface area contributed by atoms with Crippen LogP contribution in [0, 0.1) is 6.92 Å². The third kappa shape index (κ3) is 4.36. The Hall–Kier alpha value is -2.51. The summed E-state index contributed by atoms with van der Waals surface area (Å²) >= 11 is 0. The lowest BCUT2D eigenvalue weighted by molar-refractivity contribution is 0.0342. The molecule has 1 aromatic heterocycles. The predicted octanol–water partition coefficient (Wildman–Crippen LogP) is 0.991. The lowest BCUT2D eigenvalue weighted by Crippen LogP contribution is -2.47. The zero-order valence-corrected chi connectivity index (χ0v) is 15.1. The molecule has 2 aromatic rings. The quantitative estimate of drug-likeness (QED) is 0.865. The summed E-state index contributed by atoms with van der Waals surface area (Å²) in [5.74, 6) is -0.444. The second kappa shape index (κ2) is 8.25. The number of amides is 1. The minimum Gasteiger partial charge on any atom is -0.379 e. The van der Waals surface area contributed by atoms with E-state index in [1.54, 1.807) is 11.6 Å². The van der Waals surface area contributed by atoms with Crippen LogP contribution < -0.4 is 10.7 Å². The fourth-order valence-corrected chi connectivity index (χ4v) is 3.04. The largest absolute Gasteiger partial charge is 0.379 e. The second-order valence-corrected chi connectivity index (χ2v) is 6.53. The molecule has 1 N–H and O–H groups in total. The maximum Gasteiger partial charge on any atom is 0.276 e. The number of carbonyl (C=O) groups excluding carboxylic acids is 1. The van der Waals surface area contributed by atoms with Crippen LogP contribution >= 0.6 is 0 Å². The third-order valence-electron chi connectivity index (χ3n) is 4.34. The summed E-state index contributed by atoms with van der Waals surface area (Å²) in [6.07, 6.45) is 0. The summed E-state index contributed by atoms with van der Waals surface area (Å²) in [7, 11) is 0. The standard InChI is InChI=1S/C19H24N4O3/c1-14(13-22-8-10-26-11-9-22)20-19(25)18-17(24)12-15(2)23(21-18)16-6-4-3-5-7-16/h3-7,12,14H,8-11,13H2,1-2H3,(H,20,25). The second-order valence-electron chi connectivity index (χ2n) is 6.53. The average molecular weight is 356 g/mol. The number of morpholine rings is 1. The van der Waals surface area contributed by atoms with Gasteiger partial charge in [-0.3, -0.25) is 14.5 Å². The molecule has 1 aliphatic rings. The number of benzene rings is 1. The van der Waals surface area contributed by atoms with Gasteiger partial charge in [-0.05, 0) is 26.0 Å². The number of nitrogens with zero attached hydrogens (tertiary/aromatic N) is 3. The predicted molar refractivity (Wildman–Crippen MR) is 98.8 cm³/mol. The zero-order chi connectivity index (χ0) is 18.5. The summed E-state index contributed by atoms with van der Waals surface area (Å²) in [6, 6.07) is 10.8. The van der Waals surface area contributed by atoms with E-state index in [9.17, 15) is 9.59 Å². The maximum atomic E-state index is 12.6. The highest BCUT2D eigenvalue weighted by Gasteiger charge is 2.19. The van der Waals surface area contributed by atoms with Crippen LogP contribution in [0.3, 0.4) is 0 Å². The van der Waals surface area contributed by atoms with Crippen molar-refractivity contribution in [3.05, 3.63) is 58.0 Å². The van der Waals surface area contributed by atoms with E-state index < -0.39 is 5.91 Å². The van der Waals surface area contributed by atoms with Gasteiger partial charge in [-0.15, -0.1) is 0 Å². The van der Waals surface area contributed by atoms with Crippen molar-refractivity contribution in [1.82, 2.24) is 20.0 Å². The molecule has 0 bridgehead atoms. The Balaban J connectivity index is 1.75. The fraction of sp³-hybridized carbons (Fsp3) is 0.421. The molecule has 0 aliphatic carbocycles. The molecule has 2 heterocycles. The molecule has 1 aromatic carbocycles. The van der Waals surface area contributed by atoms with Crippen molar-refractivity contribution < 1.29 is 9.53 Å². The van der Waals surface area contributed by atoms with Gasteiger partial charge in [0.05, 0.1) is 18.9 Å². The average Bonchev–Trinajstić information content (AvgIpc) is 2.63. The van der Waals surface area contributed by atoms with Crippen molar-refractivity contribution in [2.24, 2.45) is 0 Å². The number of hydrogen-bond donors (Lipinski definition) is 1. The molecule has 7 heteroatoms. The number of aromatic nitrogens is 2. The van der Waals surface area contributed by atoms with Crippen LogP contribution in [0.15, 0.2) is 41.2 Å². The first-order valence-electron chi connectivity index (χ1n) is 8.82. The van der Waals surface area contributed by atoms with E-state index in [0.29, 0.717) is 25.5 Å². The van der Waals surface area contributed by atoms with Gasteiger partial charge >= 0.3 is 0 Å². The smallest absolute Gasteiger partial charge is 0.276 e. The molecule has 1 unspecified atom stereocenters.